The molecule has 33 heavy (non-hydrogen) atoms. The fourth-order valence-electron chi connectivity index (χ4n) is 4.76. The normalized spacial score (nSPS) is 19.7. The maximum Gasteiger partial charge on any atom is 0.335 e. The predicted octanol–water partition coefficient (Wildman–Crippen LogP) is 4.34. The molecule has 0 radical (unpaired) electrons. The summed E-state index contributed by atoms with van der Waals surface area (Å²) in [4.78, 5) is 27.5. The van der Waals surface area contributed by atoms with Gasteiger partial charge in [0.2, 0.25) is 17.8 Å². The lowest BCUT2D eigenvalue weighted by molar-refractivity contribution is 0.0697. The Balaban J connectivity index is 1.50. The molecule has 1 aromatic carbocycles. The summed E-state index contributed by atoms with van der Waals surface area (Å²) in [5.74, 6) is 0.609. The quantitative estimate of drug-likeness (QED) is 0.411. The van der Waals surface area contributed by atoms with Crippen LogP contribution in [0.15, 0.2) is 24.3 Å². The molecule has 2 aromatic rings. The van der Waals surface area contributed by atoms with E-state index in [4.69, 9.17) is 5.11 Å². The summed E-state index contributed by atoms with van der Waals surface area (Å²) in [5, 5.41) is 19.3. The van der Waals surface area contributed by atoms with Crippen molar-refractivity contribution in [3.8, 4) is 0 Å². The molecule has 0 spiro atoms. The second kappa shape index (κ2) is 11.3. The lowest BCUT2D eigenvalue weighted by Gasteiger charge is -2.23. The molecule has 1 saturated heterocycles. The number of carboxylic acids is 1. The summed E-state index contributed by atoms with van der Waals surface area (Å²) < 4.78 is 0. The van der Waals surface area contributed by atoms with E-state index in [1.54, 1.807) is 24.3 Å². The number of carboxylic acid groups (broad SMARTS) is 1. The highest BCUT2D eigenvalue weighted by atomic mass is 16.4. The van der Waals surface area contributed by atoms with Gasteiger partial charge in [0.05, 0.1) is 5.56 Å². The van der Waals surface area contributed by atoms with Crippen LogP contribution in [0.1, 0.15) is 68.6 Å². The molecule has 1 aromatic heterocycles. The van der Waals surface area contributed by atoms with Crippen molar-refractivity contribution < 1.29 is 9.90 Å². The fourth-order valence-corrected chi connectivity index (χ4v) is 4.76. The first kappa shape index (κ1) is 23.2. The smallest absolute Gasteiger partial charge is 0.335 e. The van der Waals surface area contributed by atoms with E-state index in [-0.39, 0.29) is 5.56 Å². The summed E-state index contributed by atoms with van der Waals surface area (Å²) in [6, 6.07) is 7.43. The standard InChI is InChI=1S/C24H35N7O2/c1-2-31-15-7-10-20(31)16-25-22-28-23(26-18-8-5-3-4-6-9-18)30-24(29-22)27-19-13-11-17(12-14-19)21(32)33/h11-14,18,20H,2-10,15-16H2,1H3,(H,32,33)(H3,25,26,27,28,29,30). The molecule has 1 unspecified atom stereocenters. The molecule has 1 aliphatic heterocycles. The van der Waals surface area contributed by atoms with Crippen LogP contribution in [0.4, 0.5) is 23.5 Å². The van der Waals surface area contributed by atoms with Crippen LogP contribution in [0.2, 0.25) is 0 Å². The molecule has 0 amide bonds. The zero-order valence-electron chi connectivity index (χ0n) is 19.4. The molecule has 4 N–H and O–H groups in total. The number of aromatic nitrogens is 3. The maximum atomic E-state index is 11.1. The van der Waals surface area contributed by atoms with E-state index in [1.165, 1.54) is 38.5 Å². The topological polar surface area (TPSA) is 115 Å². The third-order valence-corrected chi connectivity index (χ3v) is 6.61. The summed E-state index contributed by atoms with van der Waals surface area (Å²) in [6.45, 7) is 5.20. The van der Waals surface area contributed by atoms with Crippen LogP contribution in [0.3, 0.4) is 0 Å². The van der Waals surface area contributed by atoms with E-state index < -0.39 is 5.97 Å². The Morgan fingerprint density at radius 1 is 0.970 bits per heavy atom. The summed E-state index contributed by atoms with van der Waals surface area (Å²) in [6.07, 6.45) is 9.69. The predicted molar refractivity (Wildman–Crippen MR) is 130 cm³/mol. The summed E-state index contributed by atoms with van der Waals surface area (Å²) >= 11 is 0. The van der Waals surface area contributed by atoms with Crippen LogP contribution >= 0.6 is 0 Å². The van der Waals surface area contributed by atoms with Crippen molar-refractivity contribution >= 4 is 29.5 Å². The van der Waals surface area contributed by atoms with Gasteiger partial charge in [-0.3, -0.25) is 4.90 Å². The van der Waals surface area contributed by atoms with Crippen LogP contribution in [0.5, 0.6) is 0 Å². The Kier molecular flexibility index (Phi) is 7.93. The SMILES string of the molecule is CCN1CCCC1CNc1nc(Nc2ccc(C(=O)O)cc2)nc(NC2CCCCCC2)n1. The molecular weight excluding hydrogens is 418 g/mol. The van der Waals surface area contributed by atoms with Gasteiger partial charge < -0.3 is 21.1 Å². The lowest BCUT2D eigenvalue weighted by atomic mass is 10.1. The van der Waals surface area contributed by atoms with Gasteiger partial charge in [0.15, 0.2) is 0 Å². The van der Waals surface area contributed by atoms with E-state index in [2.05, 4.69) is 42.7 Å². The van der Waals surface area contributed by atoms with Gasteiger partial charge in [-0.25, -0.2) is 4.79 Å². The lowest BCUT2D eigenvalue weighted by Crippen LogP contribution is -2.35. The number of rotatable bonds is 9. The van der Waals surface area contributed by atoms with Gasteiger partial charge in [-0.1, -0.05) is 32.6 Å². The molecule has 1 atom stereocenters. The molecule has 2 heterocycles. The maximum absolute atomic E-state index is 11.1. The molecule has 9 nitrogen and oxygen atoms in total. The van der Waals surface area contributed by atoms with Crippen LogP contribution < -0.4 is 16.0 Å². The first-order valence-corrected chi connectivity index (χ1v) is 12.2. The Bertz CT molecular complexity index is 914. The molecule has 1 aliphatic carbocycles. The van der Waals surface area contributed by atoms with Gasteiger partial charge in [0.25, 0.3) is 0 Å². The number of hydrogen-bond donors (Lipinski definition) is 4. The minimum absolute atomic E-state index is 0.242. The number of likely N-dealkylation sites (N-methyl/N-ethyl adjacent to an activating group) is 1. The Morgan fingerprint density at radius 2 is 1.67 bits per heavy atom. The van der Waals surface area contributed by atoms with Gasteiger partial charge in [-0.05, 0) is 63.0 Å². The largest absolute Gasteiger partial charge is 0.478 e. The first-order chi connectivity index (χ1) is 16.1. The van der Waals surface area contributed by atoms with Crippen molar-refractivity contribution in [2.45, 2.75) is 70.4 Å². The highest BCUT2D eigenvalue weighted by Crippen LogP contribution is 2.22. The highest BCUT2D eigenvalue weighted by Gasteiger charge is 2.23. The number of aromatic carboxylic acids is 1. The highest BCUT2D eigenvalue weighted by molar-refractivity contribution is 5.88. The van der Waals surface area contributed by atoms with Gasteiger partial charge in [-0.2, -0.15) is 15.0 Å². The minimum Gasteiger partial charge on any atom is -0.478 e. The second-order valence-electron chi connectivity index (χ2n) is 8.95. The Labute approximate surface area is 195 Å². The molecule has 178 valence electrons. The molecule has 0 bridgehead atoms. The second-order valence-corrected chi connectivity index (χ2v) is 8.95. The van der Waals surface area contributed by atoms with Crippen LogP contribution in [0.25, 0.3) is 0 Å². The van der Waals surface area contributed by atoms with E-state index >= 15 is 0 Å². The molecule has 1 saturated carbocycles. The average Bonchev–Trinajstić information content (AvgIpc) is 3.12. The number of likely N-dealkylation sites (tertiary alicyclic amines) is 1. The zero-order chi connectivity index (χ0) is 23.0. The molecule has 2 aliphatic rings. The van der Waals surface area contributed by atoms with Crippen molar-refractivity contribution in [3.63, 3.8) is 0 Å². The van der Waals surface area contributed by atoms with Crippen LogP contribution in [0, 0.1) is 0 Å². The average molecular weight is 454 g/mol. The molecule has 4 rings (SSSR count). The van der Waals surface area contributed by atoms with Crippen LogP contribution in [-0.4, -0.2) is 62.6 Å². The third-order valence-electron chi connectivity index (χ3n) is 6.61. The van der Waals surface area contributed by atoms with E-state index in [0.29, 0.717) is 29.9 Å². The number of nitrogens with one attached hydrogen (secondary N) is 3. The van der Waals surface area contributed by atoms with Crippen molar-refractivity contribution in [2.75, 3.05) is 35.6 Å². The molecule has 9 heteroatoms. The Morgan fingerprint density at radius 3 is 2.36 bits per heavy atom. The van der Waals surface area contributed by atoms with Gasteiger partial charge in [-0.15, -0.1) is 0 Å². The summed E-state index contributed by atoms with van der Waals surface area (Å²) in [7, 11) is 0. The van der Waals surface area contributed by atoms with E-state index in [9.17, 15) is 4.79 Å². The van der Waals surface area contributed by atoms with E-state index in [0.717, 1.165) is 38.2 Å². The number of carbonyl (C=O) groups is 1. The monoisotopic (exact) mass is 453 g/mol. The third kappa shape index (κ3) is 6.54. The minimum atomic E-state index is -0.948. The van der Waals surface area contributed by atoms with Crippen molar-refractivity contribution in [1.29, 1.82) is 0 Å². The van der Waals surface area contributed by atoms with Crippen molar-refractivity contribution in [3.05, 3.63) is 29.8 Å². The van der Waals surface area contributed by atoms with Gasteiger partial charge in [0.1, 0.15) is 0 Å². The Hall–Kier alpha value is -2.94. The van der Waals surface area contributed by atoms with Gasteiger partial charge in [0, 0.05) is 24.3 Å². The number of hydrogen-bond acceptors (Lipinski definition) is 8. The fraction of sp³-hybridized carbons (Fsp3) is 0.583. The van der Waals surface area contributed by atoms with E-state index in [1.807, 2.05) is 0 Å². The molecule has 2 fully saturated rings. The first-order valence-electron chi connectivity index (χ1n) is 12.2. The van der Waals surface area contributed by atoms with Crippen molar-refractivity contribution in [2.24, 2.45) is 0 Å². The van der Waals surface area contributed by atoms with Crippen LogP contribution in [-0.2, 0) is 0 Å². The van der Waals surface area contributed by atoms with Crippen molar-refractivity contribution in [1.82, 2.24) is 19.9 Å². The number of benzene rings is 1. The molecular formula is C24H35N7O2. The zero-order valence-corrected chi connectivity index (χ0v) is 19.4. The number of nitrogens with zero attached hydrogens (tertiary/aromatic N) is 4. The number of anilines is 4. The van der Waals surface area contributed by atoms with Gasteiger partial charge >= 0.3 is 5.97 Å². The summed E-state index contributed by atoms with van der Waals surface area (Å²) in [5.41, 5.74) is 0.969.